The van der Waals surface area contributed by atoms with Crippen molar-refractivity contribution in [2.24, 2.45) is 11.7 Å². The Hall–Kier alpha value is -2.66. The molecule has 2 rings (SSSR count). The Balaban J connectivity index is 2.15. The predicted molar refractivity (Wildman–Crippen MR) is 105 cm³/mol. The lowest BCUT2D eigenvalue weighted by Crippen LogP contribution is -2.41. The molecule has 138 valence electrons. The van der Waals surface area contributed by atoms with Gasteiger partial charge in [-0.25, -0.2) is 0 Å². The van der Waals surface area contributed by atoms with Crippen molar-refractivity contribution < 1.29 is 9.59 Å². The van der Waals surface area contributed by atoms with Gasteiger partial charge in [-0.05, 0) is 38.5 Å². The molecule has 0 saturated carbocycles. The van der Waals surface area contributed by atoms with Gasteiger partial charge in [-0.2, -0.15) is 0 Å². The van der Waals surface area contributed by atoms with E-state index in [2.05, 4.69) is 10.6 Å². The molecule has 0 fully saturated rings. The average molecular weight is 353 g/mol. The number of nitrogens with one attached hydrogen (secondary N) is 2. The van der Waals surface area contributed by atoms with Gasteiger partial charge in [-0.15, -0.1) is 0 Å². The molecule has 2 aromatic carbocycles. The number of hydrogen-bond acceptors (Lipinski definition) is 3. The van der Waals surface area contributed by atoms with Gasteiger partial charge in [0.1, 0.15) is 0 Å². The van der Waals surface area contributed by atoms with Crippen molar-refractivity contribution in [3.8, 4) is 0 Å². The summed E-state index contributed by atoms with van der Waals surface area (Å²) < 4.78 is 0. The van der Waals surface area contributed by atoms with Crippen LogP contribution in [0.3, 0.4) is 0 Å². The van der Waals surface area contributed by atoms with Gasteiger partial charge in [-0.3, -0.25) is 9.59 Å². The Morgan fingerprint density at radius 3 is 2.15 bits per heavy atom. The minimum Gasteiger partial charge on any atom is -0.347 e. The molecular formula is C21H27N3O2. The fraction of sp³-hybridized carbons (Fsp3) is 0.333. The molecular weight excluding hydrogens is 326 g/mol. The lowest BCUT2D eigenvalue weighted by atomic mass is 9.94. The minimum absolute atomic E-state index is 0.225. The van der Waals surface area contributed by atoms with Gasteiger partial charge >= 0.3 is 0 Å². The Bertz CT molecular complexity index is 766. The Kier molecular flexibility index (Phi) is 6.16. The van der Waals surface area contributed by atoms with E-state index in [-0.39, 0.29) is 17.4 Å². The Labute approximate surface area is 155 Å². The van der Waals surface area contributed by atoms with Crippen LogP contribution in [0.25, 0.3) is 0 Å². The summed E-state index contributed by atoms with van der Waals surface area (Å²) in [5.41, 5.74) is 7.67. The highest BCUT2D eigenvalue weighted by molar-refractivity contribution is 6.04. The number of carbonyl (C=O) groups excluding carboxylic acids is 2. The summed E-state index contributed by atoms with van der Waals surface area (Å²) in [7, 11) is 0. The van der Waals surface area contributed by atoms with Crippen molar-refractivity contribution in [3.63, 3.8) is 0 Å². The van der Waals surface area contributed by atoms with E-state index in [1.54, 1.807) is 31.2 Å². The van der Waals surface area contributed by atoms with Gasteiger partial charge in [0.15, 0.2) is 0 Å². The van der Waals surface area contributed by atoms with Gasteiger partial charge in [-0.1, -0.05) is 49.4 Å². The summed E-state index contributed by atoms with van der Waals surface area (Å²) >= 11 is 0. The van der Waals surface area contributed by atoms with Gasteiger partial charge in [0.25, 0.3) is 5.91 Å². The molecule has 2 atom stereocenters. The first-order valence-electron chi connectivity index (χ1n) is 8.72. The second-order valence-electron chi connectivity index (χ2n) is 7.46. The van der Waals surface area contributed by atoms with Crippen LogP contribution in [0.2, 0.25) is 0 Å². The molecule has 4 N–H and O–H groups in total. The first-order valence-corrected chi connectivity index (χ1v) is 8.72. The van der Waals surface area contributed by atoms with Gasteiger partial charge in [0, 0.05) is 11.6 Å². The standard InChI is InChI=1S/C21H27N3O2/c1-14(18(22)15-10-6-5-7-11-15)19(25)23-17-13-9-8-12-16(17)20(26)24-21(2,3)4/h5-14,18H,22H2,1-4H3,(H,23,25)(H,24,26). The second-order valence-corrected chi connectivity index (χ2v) is 7.46. The number of carbonyl (C=O) groups is 2. The molecule has 0 saturated heterocycles. The zero-order valence-electron chi connectivity index (χ0n) is 15.7. The maximum atomic E-state index is 12.7. The number of para-hydroxylation sites is 1. The summed E-state index contributed by atoms with van der Waals surface area (Å²) in [5, 5.41) is 5.76. The van der Waals surface area contributed by atoms with Crippen LogP contribution in [0.4, 0.5) is 5.69 Å². The largest absolute Gasteiger partial charge is 0.347 e. The van der Waals surface area contributed by atoms with Crippen LogP contribution in [0.1, 0.15) is 49.7 Å². The molecule has 0 aliphatic rings. The topological polar surface area (TPSA) is 84.2 Å². The number of amides is 2. The molecule has 0 aromatic heterocycles. The van der Waals surface area contributed by atoms with Crippen LogP contribution in [-0.4, -0.2) is 17.4 Å². The van der Waals surface area contributed by atoms with E-state index in [9.17, 15) is 9.59 Å². The minimum atomic E-state index is -0.448. The highest BCUT2D eigenvalue weighted by atomic mass is 16.2. The third kappa shape index (κ3) is 5.17. The SMILES string of the molecule is CC(C(=O)Nc1ccccc1C(=O)NC(C)(C)C)C(N)c1ccccc1. The normalized spacial score (nSPS) is 13.6. The fourth-order valence-corrected chi connectivity index (χ4v) is 2.57. The summed E-state index contributed by atoms with van der Waals surface area (Å²) in [6, 6.07) is 16.0. The quantitative estimate of drug-likeness (QED) is 0.769. The molecule has 2 aromatic rings. The first-order chi connectivity index (χ1) is 12.2. The third-order valence-corrected chi connectivity index (χ3v) is 4.05. The molecule has 2 amide bonds. The molecule has 0 aliphatic heterocycles. The Morgan fingerprint density at radius 1 is 0.962 bits per heavy atom. The summed E-state index contributed by atoms with van der Waals surface area (Å²) in [4.78, 5) is 25.2. The smallest absolute Gasteiger partial charge is 0.253 e. The zero-order valence-corrected chi connectivity index (χ0v) is 15.7. The van der Waals surface area contributed by atoms with Crippen LogP contribution < -0.4 is 16.4 Å². The molecule has 0 heterocycles. The van der Waals surface area contributed by atoms with Crippen LogP contribution in [0, 0.1) is 5.92 Å². The highest BCUT2D eigenvalue weighted by Crippen LogP contribution is 2.22. The fourth-order valence-electron chi connectivity index (χ4n) is 2.57. The van der Waals surface area contributed by atoms with Crippen LogP contribution >= 0.6 is 0 Å². The lowest BCUT2D eigenvalue weighted by Gasteiger charge is -2.23. The average Bonchev–Trinajstić information content (AvgIpc) is 2.60. The van der Waals surface area contributed by atoms with E-state index in [1.807, 2.05) is 51.1 Å². The van der Waals surface area contributed by atoms with E-state index in [1.165, 1.54) is 0 Å². The van der Waals surface area contributed by atoms with Crippen LogP contribution in [0.5, 0.6) is 0 Å². The monoisotopic (exact) mass is 353 g/mol. The van der Waals surface area contributed by atoms with E-state index in [0.29, 0.717) is 11.3 Å². The molecule has 0 spiro atoms. The van der Waals surface area contributed by atoms with Gasteiger partial charge < -0.3 is 16.4 Å². The number of rotatable bonds is 5. The number of benzene rings is 2. The first kappa shape index (κ1) is 19.7. The predicted octanol–water partition coefficient (Wildman–Crippen LogP) is 3.49. The van der Waals surface area contributed by atoms with Crippen LogP contribution in [0.15, 0.2) is 54.6 Å². The van der Waals surface area contributed by atoms with E-state index in [0.717, 1.165) is 5.56 Å². The molecule has 0 radical (unpaired) electrons. The van der Waals surface area contributed by atoms with Crippen molar-refractivity contribution in [3.05, 3.63) is 65.7 Å². The molecule has 5 nitrogen and oxygen atoms in total. The van der Waals surface area contributed by atoms with E-state index >= 15 is 0 Å². The van der Waals surface area contributed by atoms with Crippen molar-refractivity contribution in [1.82, 2.24) is 5.32 Å². The van der Waals surface area contributed by atoms with Crippen molar-refractivity contribution in [2.45, 2.75) is 39.3 Å². The Morgan fingerprint density at radius 2 is 1.54 bits per heavy atom. The zero-order chi connectivity index (χ0) is 19.3. The molecule has 0 bridgehead atoms. The van der Waals surface area contributed by atoms with E-state index in [4.69, 9.17) is 5.73 Å². The number of nitrogens with two attached hydrogens (primary N) is 1. The van der Waals surface area contributed by atoms with E-state index < -0.39 is 12.0 Å². The molecule has 26 heavy (non-hydrogen) atoms. The van der Waals surface area contributed by atoms with Gasteiger partial charge in [0.05, 0.1) is 17.2 Å². The highest BCUT2D eigenvalue weighted by Gasteiger charge is 2.24. The summed E-state index contributed by atoms with van der Waals surface area (Å²) in [5.74, 6) is -0.901. The summed E-state index contributed by atoms with van der Waals surface area (Å²) in [6.45, 7) is 7.51. The third-order valence-electron chi connectivity index (χ3n) is 4.05. The lowest BCUT2D eigenvalue weighted by molar-refractivity contribution is -0.120. The maximum absolute atomic E-state index is 12.7. The second kappa shape index (κ2) is 8.15. The number of anilines is 1. The van der Waals surface area contributed by atoms with Crippen LogP contribution in [-0.2, 0) is 4.79 Å². The van der Waals surface area contributed by atoms with Gasteiger partial charge in [0.2, 0.25) is 5.91 Å². The molecule has 5 heteroatoms. The molecule has 0 aliphatic carbocycles. The summed E-state index contributed by atoms with van der Waals surface area (Å²) in [6.07, 6.45) is 0. The maximum Gasteiger partial charge on any atom is 0.253 e. The molecule has 2 unspecified atom stereocenters. The van der Waals surface area contributed by atoms with Crippen molar-refractivity contribution in [1.29, 1.82) is 0 Å². The van der Waals surface area contributed by atoms with Crippen molar-refractivity contribution >= 4 is 17.5 Å². The number of hydrogen-bond donors (Lipinski definition) is 3. The van der Waals surface area contributed by atoms with Crippen molar-refractivity contribution in [2.75, 3.05) is 5.32 Å².